The van der Waals surface area contributed by atoms with Crippen molar-refractivity contribution in [3.8, 4) is 11.5 Å². The third-order valence-electron chi connectivity index (χ3n) is 6.14. The van der Waals surface area contributed by atoms with Crippen LogP contribution in [0.3, 0.4) is 0 Å². The number of nitrogens with zero attached hydrogens (tertiary/aromatic N) is 2. The van der Waals surface area contributed by atoms with Crippen molar-refractivity contribution in [2.24, 2.45) is 0 Å². The van der Waals surface area contributed by atoms with Gasteiger partial charge in [-0.1, -0.05) is 24.1 Å². The van der Waals surface area contributed by atoms with Gasteiger partial charge < -0.3 is 18.7 Å². The Hall–Kier alpha value is -2.08. The highest BCUT2D eigenvalue weighted by atomic mass is 16.5. The average Bonchev–Trinajstić information content (AvgIpc) is 3.12. The summed E-state index contributed by atoms with van der Waals surface area (Å²) in [6, 6.07) is 6.13. The van der Waals surface area contributed by atoms with Gasteiger partial charge >= 0.3 is 0 Å². The third kappa shape index (κ3) is 3.10. The van der Waals surface area contributed by atoms with E-state index in [9.17, 15) is 0 Å². The van der Waals surface area contributed by atoms with E-state index < -0.39 is 0 Å². The Morgan fingerprint density at radius 2 is 1.78 bits per heavy atom. The summed E-state index contributed by atoms with van der Waals surface area (Å²) in [5.41, 5.74) is 0.876. The second-order valence-corrected chi connectivity index (χ2v) is 7.70. The second-order valence-electron chi connectivity index (χ2n) is 7.70. The first-order valence-corrected chi connectivity index (χ1v) is 9.82. The number of benzene rings is 1. The molecule has 2 fully saturated rings. The molecule has 2 aliphatic carbocycles. The van der Waals surface area contributed by atoms with E-state index in [4.69, 9.17) is 23.7 Å². The van der Waals surface area contributed by atoms with Crippen molar-refractivity contribution in [2.45, 2.75) is 56.3 Å². The van der Waals surface area contributed by atoms with Crippen molar-refractivity contribution in [2.75, 3.05) is 27.4 Å². The molecule has 0 atom stereocenters. The monoisotopic (exact) mass is 372 g/mol. The Bertz CT molecular complexity index is 791. The number of aromatic nitrogens is 2. The highest BCUT2D eigenvalue weighted by Gasteiger charge is 2.51. The van der Waals surface area contributed by atoms with Gasteiger partial charge in [0.05, 0.1) is 31.7 Å². The molecule has 0 bridgehead atoms. The highest BCUT2D eigenvalue weighted by molar-refractivity contribution is 5.47. The summed E-state index contributed by atoms with van der Waals surface area (Å²) < 4.78 is 22.3. The summed E-state index contributed by atoms with van der Waals surface area (Å²) >= 11 is 0. The molecule has 6 heteroatoms. The lowest BCUT2D eigenvalue weighted by Gasteiger charge is -2.26. The van der Waals surface area contributed by atoms with Crippen LogP contribution in [0.4, 0.5) is 0 Å². The molecule has 0 N–H and O–H groups in total. The molecule has 27 heavy (non-hydrogen) atoms. The van der Waals surface area contributed by atoms with Crippen LogP contribution in [0.25, 0.3) is 0 Å². The van der Waals surface area contributed by atoms with Gasteiger partial charge in [0.2, 0.25) is 5.89 Å². The Morgan fingerprint density at radius 3 is 2.41 bits per heavy atom. The molecule has 0 radical (unpaired) electrons. The first-order valence-electron chi connectivity index (χ1n) is 9.82. The summed E-state index contributed by atoms with van der Waals surface area (Å²) in [6.45, 7) is 3.38. The third-order valence-corrected chi connectivity index (χ3v) is 6.14. The van der Waals surface area contributed by atoms with Crippen LogP contribution >= 0.6 is 0 Å². The molecule has 6 nitrogen and oxygen atoms in total. The maximum absolute atomic E-state index is 5.75. The summed E-state index contributed by atoms with van der Waals surface area (Å²) in [5.74, 6) is 3.00. The molecule has 0 unspecified atom stereocenters. The van der Waals surface area contributed by atoms with Crippen LogP contribution in [-0.4, -0.2) is 37.6 Å². The summed E-state index contributed by atoms with van der Waals surface area (Å²) in [4.78, 5) is 4.90. The molecule has 0 saturated heterocycles. The molecule has 146 valence electrons. The maximum Gasteiger partial charge on any atom is 0.235 e. The van der Waals surface area contributed by atoms with E-state index in [0.29, 0.717) is 13.2 Å². The molecule has 4 rings (SSSR count). The molecule has 1 aromatic heterocycles. The van der Waals surface area contributed by atoms with Crippen molar-refractivity contribution in [1.29, 1.82) is 0 Å². The lowest BCUT2D eigenvalue weighted by Crippen LogP contribution is -2.26. The molecular weight excluding hydrogens is 344 g/mol. The molecular formula is C21H28N2O4. The number of ether oxygens (including phenoxy) is 3. The molecule has 1 heterocycles. The minimum atomic E-state index is -0.219. The average molecular weight is 372 g/mol. The van der Waals surface area contributed by atoms with Crippen molar-refractivity contribution in [3.63, 3.8) is 0 Å². The van der Waals surface area contributed by atoms with E-state index in [-0.39, 0.29) is 10.8 Å². The predicted octanol–water partition coefficient (Wildman–Crippen LogP) is 4.02. The van der Waals surface area contributed by atoms with Crippen LogP contribution in [0.1, 0.15) is 62.7 Å². The van der Waals surface area contributed by atoms with Crippen LogP contribution in [0.5, 0.6) is 11.5 Å². The fourth-order valence-corrected chi connectivity index (χ4v) is 4.26. The van der Waals surface area contributed by atoms with Gasteiger partial charge in [-0.3, -0.25) is 0 Å². The Labute approximate surface area is 160 Å². The molecule has 2 aliphatic rings. The van der Waals surface area contributed by atoms with E-state index in [1.807, 2.05) is 13.0 Å². The first-order chi connectivity index (χ1) is 13.2. The Balaban J connectivity index is 1.69. The summed E-state index contributed by atoms with van der Waals surface area (Å²) in [5, 5.41) is 4.45. The van der Waals surface area contributed by atoms with Crippen LogP contribution in [-0.2, 0) is 15.6 Å². The summed E-state index contributed by atoms with van der Waals surface area (Å²) in [6.07, 6.45) is 6.44. The maximum atomic E-state index is 5.75. The number of methoxy groups -OCH3 is 2. The lowest BCUT2D eigenvalue weighted by atomic mass is 9.78. The summed E-state index contributed by atoms with van der Waals surface area (Å²) in [7, 11) is 3.32. The van der Waals surface area contributed by atoms with Crippen molar-refractivity contribution < 1.29 is 18.7 Å². The predicted molar refractivity (Wildman–Crippen MR) is 100 cm³/mol. The molecule has 0 spiro atoms. The quantitative estimate of drug-likeness (QED) is 0.697. The fraction of sp³-hybridized carbons (Fsp3) is 0.619. The topological polar surface area (TPSA) is 66.6 Å². The molecule has 1 aromatic carbocycles. The molecule has 0 aliphatic heterocycles. The SMILES string of the molecule is CCOCC1(c2nc(C3(c4ccc(OC)c(OC)c4)CCCC3)no2)CC1. The van der Waals surface area contributed by atoms with Gasteiger partial charge in [-0.25, -0.2) is 0 Å². The largest absolute Gasteiger partial charge is 0.493 e. The van der Waals surface area contributed by atoms with E-state index in [1.165, 1.54) is 5.56 Å². The van der Waals surface area contributed by atoms with Crippen LogP contribution in [0.2, 0.25) is 0 Å². The smallest absolute Gasteiger partial charge is 0.235 e. The Kier molecular flexibility index (Phi) is 4.84. The van der Waals surface area contributed by atoms with Gasteiger partial charge in [0.1, 0.15) is 0 Å². The van der Waals surface area contributed by atoms with Crippen LogP contribution in [0, 0.1) is 0 Å². The van der Waals surface area contributed by atoms with Crippen molar-refractivity contribution in [1.82, 2.24) is 10.1 Å². The number of hydrogen-bond donors (Lipinski definition) is 0. The molecule has 2 aromatic rings. The van der Waals surface area contributed by atoms with E-state index >= 15 is 0 Å². The van der Waals surface area contributed by atoms with Gasteiger partial charge in [-0.05, 0) is 50.3 Å². The zero-order valence-electron chi connectivity index (χ0n) is 16.4. The van der Waals surface area contributed by atoms with Crippen LogP contribution < -0.4 is 9.47 Å². The number of rotatable bonds is 8. The van der Waals surface area contributed by atoms with Crippen LogP contribution in [0.15, 0.2) is 22.7 Å². The molecule has 0 amide bonds. The van der Waals surface area contributed by atoms with Gasteiger partial charge in [0, 0.05) is 6.61 Å². The van der Waals surface area contributed by atoms with Crippen molar-refractivity contribution in [3.05, 3.63) is 35.5 Å². The lowest BCUT2D eigenvalue weighted by molar-refractivity contribution is 0.114. The van der Waals surface area contributed by atoms with E-state index in [2.05, 4.69) is 17.3 Å². The van der Waals surface area contributed by atoms with Gasteiger partial charge in [0.15, 0.2) is 17.3 Å². The minimum absolute atomic E-state index is 0.0708. The Morgan fingerprint density at radius 1 is 1.04 bits per heavy atom. The van der Waals surface area contributed by atoms with Gasteiger partial charge in [0.25, 0.3) is 0 Å². The first kappa shape index (κ1) is 18.3. The normalized spacial score (nSPS) is 19.8. The number of hydrogen-bond acceptors (Lipinski definition) is 6. The van der Waals surface area contributed by atoms with E-state index in [1.54, 1.807) is 14.2 Å². The van der Waals surface area contributed by atoms with Gasteiger partial charge in [-0.15, -0.1) is 0 Å². The zero-order chi connectivity index (χ0) is 18.9. The minimum Gasteiger partial charge on any atom is -0.493 e. The highest BCUT2D eigenvalue weighted by Crippen LogP contribution is 2.50. The molecule has 2 saturated carbocycles. The van der Waals surface area contributed by atoms with Gasteiger partial charge in [-0.2, -0.15) is 4.98 Å². The van der Waals surface area contributed by atoms with Crippen molar-refractivity contribution >= 4 is 0 Å². The van der Waals surface area contributed by atoms with E-state index in [0.717, 1.165) is 61.7 Å². The zero-order valence-corrected chi connectivity index (χ0v) is 16.4. The fourth-order valence-electron chi connectivity index (χ4n) is 4.26. The standard InChI is InChI=1S/C21H28N2O4/c1-4-26-14-20(11-12-20)19-22-18(23-27-19)21(9-5-6-10-21)15-7-8-16(24-2)17(13-15)25-3/h7-8,13H,4-6,9-12,14H2,1-3H3. The second kappa shape index (κ2) is 7.15.